The quantitative estimate of drug-likeness (QED) is 0.562. The highest BCUT2D eigenvalue weighted by Gasteiger charge is 1.98. The summed E-state index contributed by atoms with van der Waals surface area (Å²) >= 11 is 0. The van der Waals surface area contributed by atoms with Gasteiger partial charge in [-0.15, -0.1) is 0 Å². The highest BCUT2D eigenvalue weighted by Crippen LogP contribution is 2.09. The largest absolute Gasteiger partial charge is 0.328 e. The minimum absolute atomic E-state index is 0.378. The normalized spacial score (nSPS) is 15.4. The molecular weight excluding hydrogens is 172 g/mol. The van der Waals surface area contributed by atoms with E-state index in [2.05, 4.69) is 13.8 Å². The van der Waals surface area contributed by atoms with Crippen molar-refractivity contribution >= 4 is 0 Å². The predicted octanol–water partition coefficient (Wildman–Crippen LogP) is 2.80. The summed E-state index contributed by atoms with van der Waals surface area (Å²) in [6.45, 7) is 4.24. The average molecular weight is 200 g/mol. The summed E-state index contributed by atoms with van der Waals surface area (Å²) in [5.74, 6) is 0. The van der Waals surface area contributed by atoms with Crippen LogP contribution in [0.5, 0.6) is 0 Å². The number of hydrogen-bond acceptors (Lipinski definition) is 2. The van der Waals surface area contributed by atoms with Gasteiger partial charge in [-0.2, -0.15) is 0 Å². The lowest BCUT2D eigenvalue weighted by atomic mass is 10.0. The van der Waals surface area contributed by atoms with Gasteiger partial charge in [-0.05, 0) is 26.2 Å². The van der Waals surface area contributed by atoms with Gasteiger partial charge in [0.05, 0.1) is 0 Å². The molecule has 86 valence electrons. The third-order valence-electron chi connectivity index (χ3n) is 2.76. The van der Waals surface area contributed by atoms with E-state index in [0.29, 0.717) is 12.1 Å². The standard InChI is InChI=1S/C12H28N2/c1-3-12(14)10-8-6-4-5-7-9-11(2)13/h11-12H,3-10,13-14H2,1-2H3. The minimum Gasteiger partial charge on any atom is -0.328 e. The summed E-state index contributed by atoms with van der Waals surface area (Å²) in [4.78, 5) is 0. The van der Waals surface area contributed by atoms with Gasteiger partial charge in [0.25, 0.3) is 0 Å². The highest BCUT2D eigenvalue weighted by molar-refractivity contribution is 4.58. The van der Waals surface area contributed by atoms with Gasteiger partial charge in [0.2, 0.25) is 0 Å². The van der Waals surface area contributed by atoms with E-state index in [4.69, 9.17) is 11.5 Å². The van der Waals surface area contributed by atoms with E-state index in [1.165, 1.54) is 44.9 Å². The molecule has 0 aromatic carbocycles. The maximum atomic E-state index is 5.84. The van der Waals surface area contributed by atoms with E-state index in [0.717, 1.165) is 6.42 Å². The van der Waals surface area contributed by atoms with Crippen molar-refractivity contribution in [2.24, 2.45) is 11.5 Å². The molecular formula is C12H28N2. The second-order valence-electron chi connectivity index (χ2n) is 4.49. The van der Waals surface area contributed by atoms with Crippen molar-refractivity contribution in [3.8, 4) is 0 Å². The van der Waals surface area contributed by atoms with Crippen LogP contribution in [0.4, 0.5) is 0 Å². The summed E-state index contributed by atoms with van der Waals surface area (Å²) < 4.78 is 0. The lowest BCUT2D eigenvalue weighted by Gasteiger charge is -2.08. The van der Waals surface area contributed by atoms with Crippen LogP contribution in [0.3, 0.4) is 0 Å². The molecule has 14 heavy (non-hydrogen) atoms. The van der Waals surface area contributed by atoms with Gasteiger partial charge < -0.3 is 11.5 Å². The van der Waals surface area contributed by atoms with Crippen LogP contribution in [0.1, 0.15) is 65.2 Å². The number of unbranched alkanes of at least 4 members (excludes halogenated alkanes) is 4. The van der Waals surface area contributed by atoms with Crippen LogP contribution >= 0.6 is 0 Å². The van der Waals surface area contributed by atoms with Crippen LogP contribution < -0.4 is 11.5 Å². The third-order valence-corrected chi connectivity index (χ3v) is 2.76. The molecule has 2 heteroatoms. The van der Waals surface area contributed by atoms with Crippen LogP contribution in [-0.2, 0) is 0 Å². The molecule has 0 amide bonds. The van der Waals surface area contributed by atoms with Crippen molar-refractivity contribution in [2.75, 3.05) is 0 Å². The smallest absolute Gasteiger partial charge is 0.00362 e. The Balaban J connectivity index is 2.99. The SMILES string of the molecule is CCC(N)CCCCCCCC(C)N. The lowest BCUT2D eigenvalue weighted by Crippen LogP contribution is -2.17. The fourth-order valence-electron chi connectivity index (χ4n) is 1.61. The second kappa shape index (κ2) is 9.47. The van der Waals surface area contributed by atoms with E-state index in [9.17, 15) is 0 Å². The van der Waals surface area contributed by atoms with Crippen molar-refractivity contribution in [1.29, 1.82) is 0 Å². The van der Waals surface area contributed by atoms with Crippen LogP contribution in [0, 0.1) is 0 Å². The summed E-state index contributed by atoms with van der Waals surface area (Å²) in [6.07, 6.45) is 10.1. The van der Waals surface area contributed by atoms with Gasteiger partial charge in [-0.25, -0.2) is 0 Å². The molecule has 0 aromatic heterocycles. The molecule has 0 saturated heterocycles. The number of nitrogens with two attached hydrogens (primary N) is 2. The van der Waals surface area contributed by atoms with Gasteiger partial charge >= 0.3 is 0 Å². The van der Waals surface area contributed by atoms with E-state index < -0.39 is 0 Å². The molecule has 0 radical (unpaired) electrons. The minimum atomic E-state index is 0.378. The van der Waals surface area contributed by atoms with Crippen molar-refractivity contribution in [2.45, 2.75) is 77.3 Å². The molecule has 2 unspecified atom stereocenters. The van der Waals surface area contributed by atoms with Gasteiger partial charge in [0.1, 0.15) is 0 Å². The molecule has 0 spiro atoms. The highest BCUT2D eigenvalue weighted by atomic mass is 14.6. The molecule has 0 bridgehead atoms. The van der Waals surface area contributed by atoms with Crippen molar-refractivity contribution in [3.05, 3.63) is 0 Å². The van der Waals surface area contributed by atoms with Gasteiger partial charge in [0.15, 0.2) is 0 Å². The molecule has 0 rings (SSSR count). The van der Waals surface area contributed by atoms with Crippen LogP contribution in [0.2, 0.25) is 0 Å². The predicted molar refractivity (Wildman–Crippen MR) is 64.2 cm³/mol. The van der Waals surface area contributed by atoms with Crippen molar-refractivity contribution in [1.82, 2.24) is 0 Å². The van der Waals surface area contributed by atoms with E-state index in [-0.39, 0.29) is 0 Å². The molecule has 2 nitrogen and oxygen atoms in total. The van der Waals surface area contributed by atoms with Gasteiger partial charge in [0, 0.05) is 12.1 Å². The zero-order valence-corrected chi connectivity index (χ0v) is 9.97. The molecule has 0 saturated carbocycles. The number of rotatable bonds is 9. The summed E-state index contributed by atoms with van der Waals surface area (Å²) in [7, 11) is 0. The molecule has 0 aromatic rings. The fraction of sp³-hybridized carbons (Fsp3) is 1.00. The summed E-state index contributed by atoms with van der Waals surface area (Å²) in [6, 6.07) is 0.808. The molecule has 0 aliphatic rings. The zero-order valence-electron chi connectivity index (χ0n) is 9.97. The van der Waals surface area contributed by atoms with Crippen LogP contribution in [-0.4, -0.2) is 12.1 Å². The molecule has 0 heterocycles. The first-order chi connectivity index (χ1) is 6.66. The van der Waals surface area contributed by atoms with Crippen LogP contribution in [0.15, 0.2) is 0 Å². The fourth-order valence-corrected chi connectivity index (χ4v) is 1.61. The Hall–Kier alpha value is -0.0800. The molecule has 0 fully saturated rings. The van der Waals surface area contributed by atoms with E-state index in [1.54, 1.807) is 0 Å². The summed E-state index contributed by atoms with van der Waals surface area (Å²) in [5.41, 5.74) is 11.5. The van der Waals surface area contributed by atoms with Gasteiger partial charge in [-0.3, -0.25) is 0 Å². The second-order valence-corrected chi connectivity index (χ2v) is 4.49. The maximum absolute atomic E-state index is 5.84. The Bertz CT molecular complexity index is 113. The number of hydrogen-bond donors (Lipinski definition) is 2. The van der Waals surface area contributed by atoms with Crippen LogP contribution in [0.25, 0.3) is 0 Å². The lowest BCUT2D eigenvalue weighted by molar-refractivity contribution is 0.514. The Morgan fingerprint density at radius 1 is 0.857 bits per heavy atom. The third kappa shape index (κ3) is 10.0. The van der Waals surface area contributed by atoms with Crippen molar-refractivity contribution < 1.29 is 0 Å². The molecule has 0 aliphatic heterocycles. The summed E-state index contributed by atoms with van der Waals surface area (Å²) in [5, 5.41) is 0. The first-order valence-electron chi connectivity index (χ1n) is 6.18. The Kier molecular flexibility index (Phi) is 9.42. The molecule has 0 aliphatic carbocycles. The Morgan fingerprint density at radius 3 is 1.86 bits per heavy atom. The first kappa shape index (κ1) is 13.9. The topological polar surface area (TPSA) is 52.0 Å². The molecule has 4 N–H and O–H groups in total. The maximum Gasteiger partial charge on any atom is 0.00362 e. The zero-order chi connectivity index (χ0) is 10.8. The Labute approximate surface area is 89.4 Å². The first-order valence-corrected chi connectivity index (χ1v) is 6.18. The van der Waals surface area contributed by atoms with E-state index >= 15 is 0 Å². The Morgan fingerprint density at radius 2 is 1.36 bits per heavy atom. The van der Waals surface area contributed by atoms with Gasteiger partial charge in [-0.1, -0.05) is 39.0 Å². The monoisotopic (exact) mass is 200 g/mol. The van der Waals surface area contributed by atoms with E-state index in [1.807, 2.05) is 0 Å². The average Bonchev–Trinajstić information content (AvgIpc) is 2.15. The van der Waals surface area contributed by atoms with Crippen molar-refractivity contribution in [3.63, 3.8) is 0 Å². The molecule has 2 atom stereocenters.